The summed E-state index contributed by atoms with van der Waals surface area (Å²) in [6, 6.07) is 8.81. The fraction of sp³-hybridized carbons (Fsp3) is 0.0833. The van der Waals surface area contributed by atoms with Crippen molar-refractivity contribution in [1.29, 1.82) is 5.26 Å². The normalized spacial score (nSPS) is 9.71. The molecule has 2 aromatic heterocycles. The maximum Gasteiger partial charge on any atom is 0.133 e. The quantitative estimate of drug-likeness (QED) is 0.882. The summed E-state index contributed by atoms with van der Waals surface area (Å²) in [7, 11) is 0. The van der Waals surface area contributed by atoms with Gasteiger partial charge in [-0.25, -0.2) is 9.97 Å². The van der Waals surface area contributed by atoms with Gasteiger partial charge in [0.1, 0.15) is 11.6 Å². The first kappa shape index (κ1) is 11.4. The molecule has 17 heavy (non-hydrogen) atoms. The predicted octanol–water partition coefficient (Wildman–Crippen LogP) is 3.05. The van der Waals surface area contributed by atoms with Crippen LogP contribution in [0.4, 0.5) is 11.6 Å². The van der Waals surface area contributed by atoms with Crippen molar-refractivity contribution in [2.75, 3.05) is 5.32 Å². The van der Waals surface area contributed by atoms with E-state index in [1.807, 2.05) is 13.0 Å². The number of anilines is 2. The highest BCUT2D eigenvalue weighted by atomic mass is 35.5. The number of pyridine rings is 2. The molecule has 0 aromatic carbocycles. The van der Waals surface area contributed by atoms with Crippen LogP contribution in [0, 0.1) is 18.3 Å². The molecular weight excluding hydrogens is 236 g/mol. The average molecular weight is 245 g/mol. The Kier molecular flexibility index (Phi) is 3.22. The van der Waals surface area contributed by atoms with Gasteiger partial charge in [-0.2, -0.15) is 5.26 Å². The first-order valence-electron chi connectivity index (χ1n) is 4.95. The van der Waals surface area contributed by atoms with Crippen molar-refractivity contribution >= 4 is 23.2 Å². The fourth-order valence-electron chi connectivity index (χ4n) is 1.39. The predicted molar refractivity (Wildman–Crippen MR) is 66.2 cm³/mol. The molecule has 2 heterocycles. The molecule has 0 bridgehead atoms. The van der Waals surface area contributed by atoms with E-state index >= 15 is 0 Å². The van der Waals surface area contributed by atoms with Gasteiger partial charge in [-0.05, 0) is 31.2 Å². The van der Waals surface area contributed by atoms with Gasteiger partial charge < -0.3 is 5.32 Å². The second-order valence-corrected chi connectivity index (χ2v) is 3.91. The lowest BCUT2D eigenvalue weighted by Crippen LogP contribution is -1.97. The second-order valence-electron chi connectivity index (χ2n) is 3.48. The first-order chi connectivity index (χ1) is 8.17. The molecule has 0 aliphatic heterocycles. The maximum absolute atomic E-state index is 8.77. The van der Waals surface area contributed by atoms with Crippen LogP contribution in [0.3, 0.4) is 0 Å². The Balaban J connectivity index is 2.28. The van der Waals surface area contributed by atoms with E-state index in [4.69, 9.17) is 16.9 Å². The Morgan fingerprint density at radius 2 is 2.12 bits per heavy atom. The Labute approximate surface area is 104 Å². The molecule has 0 atom stereocenters. The molecule has 2 rings (SSSR count). The van der Waals surface area contributed by atoms with E-state index in [2.05, 4.69) is 15.3 Å². The summed E-state index contributed by atoms with van der Waals surface area (Å²) in [4.78, 5) is 8.36. The van der Waals surface area contributed by atoms with Gasteiger partial charge in [0, 0.05) is 16.9 Å². The zero-order chi connectivity index (χ0) is 12.3. The number of nitrogens with zero attached hydrogens (tertiary/aromatic N) is 3. The van der Waals surface area contributed by atoms with Gasteiger partial charge in [0.25, 0.3) is 0 Å². The number of aromatic nitrogens is 2. The molecule has 0 fully saturated rings. The summed E-state index contributed by atoms with van der Waals surface area (Å²) in [6.45, 7) is 1.86. The van der Waals surface area contributed by atoms with E-state index in [0.717, 1.165) is 5.69 Å². The summed E-state index contributed by atoms with van der Waals surface area (Å²) >= 11 is 5.92. The molecule has 0 amide bonds. The molecule has 5 heteroatoms. The van der Waals surface area contributed by atoms with Crippen LogP contribution in [0.5, 0.6) is 0 Å². The second kappa shape index (κ2) is 4.81. The number of aryl methyl sites for hydroxylation is 1. The summed E-state index contributed by atoms with van der Waals surface area (Å²) in [6.07, 6.45) is 1.57. The van der Waals surface area contributed by atoms with Crippen LogP contribution >= 0.6 is 11.6 Å². The zero-order valence-corrected chi connectivity index (χ0v) is 9.86. The summed E-state index contributed by atoms with van der Waals surface area (Å²) in [5, 5.41) is 12.4. The molecular formula is C12H9ClN4. The SMILES string of the molecule is Cc1cc(Cl)cc(Nc2cc(C#N)ccn2)n1. The smallest absolute Gasteiger partial charge is 0.133 e. The van der Waals surface area contributed by atoms with Crippen molar-refractivity contribution in [1.82, 2.24) is 9.97 Å². The van der Waals surface area contributed by atoms with Gasteiger partial charge in [0.2, 0.25) is 0 Å². The summed E-state index contributed by atoms with van der Waals surface area (Å²) in [5.41, 5.74) is 1.36. The van der Waals surface area contributed by atoms with Crippen molar-refractivity contribution in [2.24, 2.45) is 0 Å². The van der Waals surface area contributed by atoms with Gasteiger partial charge in [-0.3, -0.25) is 0 Å². The minimum Gasteiger partial charge on any atom is -0.325 e. The Hall–Kier alpha value is -2.12. The number of nitriles is 1. The lowest BCUT2D eigenvalue weighted by atomic mass is 10.3. The van der Waals surface area contributed by atoms with E-state index in [1.54, 1.807) is 30.5 Å². The van der Waals surface area contributed by atoms with Gasteiger partial charge in [-0.15, -0.1) is 0 Å². The number of hydrogen-bond donors (Lipinski definition) is 1. The first-order valence-corrected chi connectivity index (χ1v) is 5.32. The molecule has 0 saturated heterocycles. The summed E-state index contributed by atoms with van der Waals surface area (Å²) in [5.74, 6) is 1.18. The Morgan fingerprint density at radius 1 is 1.29 bits per heavy atom. The standard InChI is InChI=1S/C12H9ClN4/c1-8-4-10(13)6-12(16-8)17-11-5-9(7-14)2-3-15-11/h2-6H,1H3,(H,15,16,17). The molecule has 0 unspecified atom stereocenters. The van der Waals surface area contributed by atoms with E-state index in [1.165, 1.54) is 0 Å². The van der Waals surface area contributed by atoms with Gasteiger partial charge in [0.05, 0.1) is 11.6 Å². The third kappa shape index (κ3) is 2.92. The minimum absolute atomic E-state index is 0.543. The van der Waals surface area contributed by atoms with Crippen LogP contribution in [0.1, 0.15) is 11.3 Å². The topological polar surface area (TPSA) is 61.6 Å². The molecule has 0 aliphatic carbocycles. The number of rotatable bonds is 2. The molecule has 0 saturated carbocycles. The molecule has 84 valence electrons. The van der Waals surface area contributed by atoms with Gasteiger partial charge in [-0.1, -0.05) is 11.6 Å². The molecule has 0 radical (unpaired) electrons. The third-order valence-electron chi connectivity index (χ3n) is 2.06. The van der Waals surface area contributed by atoms with Crippen LogP contribution in [0.2, 0.25) is 5.02 Å². The van der Waals surface area contributed by atoms with Crippen LogP contribution < -0.4 is 5.32 Å². The molecule has 2 aromatic rings. The van der Waals surface area contributed by atoms with Crippen molar-refractivity contribution in [3.63, 3.8) is 0 Å². The number of nitrogens with one attached hydrogen (secondary N) is 1. The van der Waals surface area contributed by atoms with Crippen LogP contribution in [-0.2, 0) is 0 Å². The Morgan fingerprint density at radius 3 is 2.82 bits per heavy atom. The van der Waals surface area contributed by atoms with E-state index in [0.29, 0.717) is 22.2 Å². The highest BCUT2D eigenvalue weighted by molar-refractivity contribution is 6.30. The van der Waals surface area contributed by atoms with E-state index in [9.17, 15) is 0 Å². The molecule has 4 nitrogen and oxygen atoms in total. The van der Waals surface area contributed by atoms with E-state index in [-0.39, 0.29) is 0 Å². The molecule has 0 aliphatic rings. The van der Waals surface area contributed by atoms with E-state index < -0.39 is 0 Å². The lowest BCUT2D eigenvalue weighted by Gasteiger charge is -2.06. The third-order valence-corrected chi connectivity index (χ3v) is 2.28. The highest BCUT2D eigenvalue weighted by Crippen LogP contribution is 2.18. The van der Waals surface area contributed by atoms with Crippen molar-refractivity contribution in [3.8, 4) is 6.07 Å². The Bertz CT molecular complexity index is 569. The number of halogens is 1. The maximum atomic E-state index is 8.77. The fourth-order valence-corrected chi connectivity index (χ4v) is 1.65. The van der Waals surface area contributed by atoms with Crippen LogP contribution in [0.25, 0.3) is 0 Å². The van der Waals surface area contributed by atoms with Crippen LogP contribution in [0.15, 0.2) is 30.5 Å². The van der Waals surface area contributed by atoms with Crippen molar-refractivity contribution in [3.05, 3.63) is 46.7 Å². The molecule has 0 spiro atoms. The van der Waals surface area contributed by atoms with Crippen molar-refractivity contribution < 1.29 is 0 Å². The largest absolute Gasteiger partial charge is 0.325 e. The molecule has 1 N–H and O–H groups in total. The highest BCUT2D eigenvalue weighted by Gasteiger charge is 2.01. The van der Waals surface area contributed by atoms with Crippen LogP contribution in [-0.4, -0.2) is 9.97 Å². The average Bonchev–Trinajstić information content (AvgIpc) is 2.28. The monoisotopic (exact) mass is 244 g/mol. The minimum atomic E-state index is 0.543. The zero-order valence-electron chi connectivity index (χ0n) is 9.11. The van der Waals surface area contributed by atoms with Gasteiger partial charge >= 0.3 is 0 Å². The number of hydrogen-bond acceptors (Lipinski definition) is 4. The summed E-state index contributed by atoms with van der Waals surface area (Å²) < 4.78 is 0. The lowest BCUT2D eigenvalue weighted by molar-refractivity contribution is 1.18. The van der Waals surface area contributed by atoms with Gasteiger partial charge in [0.15, 0.2) is 0 Å². The van der Waals surface area contributed by atoms with Crippen molar-refractivity contribution in [2.45, 2.75) is 6.92 Å².